The number of rotatable bonds is 3. The zero-order chi connectivity index (χ0) is 17.1. The van der Waals surface area contributed by atoms with Crippen molar-refractivity contribution in [1.82, 2.24) is 10.3 Å². The molecular formula is C18H15N5S2. The van der Waals surface area contributed by atoms with Crippen LogP contribution in [0.15, 0.2) is 46.1 Å². The van der Waals surface area contributed by atoms with Crippen LogP contribution in [0.3, 0.4) is 0 Å². The van der Waals surface area contributed by atoms with Crippen molar-refractivity contribution in [1.29, 1.82) is 5.26 Å². The minimum atomic E-state index is 0.674. The van der Waals surface area contributed by atoms with E-state index in [9.17, 15) is 0 Å². The summed E-state index contributed by atoms with van der Waals surface area (Å²) in [5.41, 5.74) is 3.77. The lowest BCUT2D eigenvalue weighted by Gasteiger charge is -2.14. The maximum absolute atomic E-state index is 9.05. The van der Waals surface area contributed by atoms with Gasteiger partial charge < -0.3 is 10.6 Å². The van der Waals surface area contributed by atoms with E-state index in [-0.39, 0.29) is 0 Å². The molecule has 0 fully saturated rings. The van der Waals surface area contributed by atoms with Gasteiger partial charge in [0.1, 0.15) is 0 Å². The third-order valence-corrected chi connectivity index (χ3v) is 5.54. The second-order valence-corrected chi connectivity index (χ2v) is 7.34. The maximum Gasteiger partial charge on any atom is 0.197 e. The minimum Gasteiger partial charge on any atom is -0.356 e. The SMILES string of the molecule is N#Cc1cccc(-c2cc(-c3csc(NC4=NCCCN4)n3)cs2)c1. The van der Waals surface area contributed by atoms with Crippen molar-refractivity contribution in [2.45, 2.75) is 6.42 Å². The fraction of sp³-hybridized carbons (Fsp3) is 0.167. The summed E-state index contributed by atoms with van der Waals surface area (Å²) in [6.45, 7) is 1.79. The smallest absolute Gasteiger partial charge is 0.197 e. The molecule has 0 bridgehead atoms. The summed E-state index contributed by atoms with van der Waals surface area (Å²) < 4.78 is 0. The first-order valence-electron chi connectivity index (χ1n) is 7.92. The van der Waals surface area contributed by atoms with E-state index >= 15 is 0 Å². The van der Waals surface area contributed by atoms with Crippen molar-refractivity contribution >= 4 is 33.8 Å². The van der Waals surface area contributed by atoms with Gasteiger partial charge in [-0.25, -0.2) is 4.98 Å². The predicted octanol–water partition coefficient (Wildman–Crippen LogP) is 4.17. The largest absolute Gasteiger partial charge is 0.356 e. The van der Waals surface area contributed by atoms with Gasteiger partial charge in [-0.05, 0) is 30.2 Å². The molecule has 2 aromatic heterocycles. The summed E-state index contributed by atoms with van der Waals surface area (Å²) in [7, 11) is 0. The quantitative estimate of drug-likeness (QED) is 0.730. The summed E-state index contributed by atoms with van der Waals surface area (Å²) in [6.07, 6.45) is 1.07. The average Bonchev–Trinajstić information content (AvgIpc) is 3.32. The lowest BCUT2D eigenvalue weighted by molar-refractivity contribution is 0.740. The second-order valence-electron chi connectivity index (χ2n) is 5.57. The Labute approximate surface area is 153 Å². The molecular weight excluding hydrogens is 350 g/mol. The minimum absolute atomic E-state index is 0.674. The van der Waals surface area contributed by atoms with Crippen LogP contribution in [0.4, 0.5) is 5.13 Å². The number of nitrogens with one attached hydrogen (secondary N) is 2. The number of thiazole rings is 1. The van der Waals surface area contributed by atoms with E-state index in [0.717, 1.165) is 52.3 Å². The van der Waals surface area contributed by atoms with Crippen LogP contribution in [0, 0.1) is 11.3 Å². The van der Waals surface area contributed by atoms with E-state index in [0.29, 0.717) is 5.56 Å². The number of hydrogen-bond donors (Lipinski definition) is 2. The number of aliphatic imine (C=N–C) groups is 1. The van der Waals surface area contributed by atoms with Crippen LogP contribution in [-0.2, 0) is 0 Å². The zero-order valence-corrected chi connectivity index (χ0v) is 15.0. The normalized spacial score (nSPS) is 13.6. The van der Waals surface area contributed by atoms with Crippen LogP contribution in [0.5, 0.6) is 0 Å². The molecule has 0 saturated carbocycles. The van der Waals surface area contributed by atoms with Crippen LogP contribution in [0.2, 0.25) is 0 Å². The molecule has 3 aromatic rings. The van der Waals surface area contributed by atoms with Crippen molar-refractivity contribution in [3.05, 3.63) is 46.7 Å². The molecule has 0 radical (unpaired) electrons. The maximum atomic E-state index is 9.05. The topological polar surface area (TPSA) is 73.1 Å². The summed E-state index contributed by atoms with van der Waals surface area (Å²) in [5, 5.41) is 20.5. The van der Waals surface area contributed by atoms with E-state index in [1.165, 1.54) is 0 Å². The molecule has 0 saturated heterocycles. The summed E-state index contributed by atoms with van der Waals surface area (Å²) >= 11 is 3.23. The zero-order valence-electron chi connectivity index (χ0n) is 13.3. The van der Waals surface area contributed by atoms with Gasteiger partial charge in [-0.1, -0.05) is 12.1 Å². The van der Waals surface area contributed by atoms with Crippen molar-refractivity contribution in [3.8, 4) is 27.8 Å². The first-order chi connectivity index (χ1) is 12.3. The molecule has 1 aliphatic rings. The van der Waals surface area contributed by atoms with Gasteiger partial charge in [-0.15, -0.1) is 22.7 Å². The summed E-state index contributed by atoms with van der Waals surface area (Å²) in [4.78, 5) is 10.2. The number of hydrogen-bond acceptors (Lipinski definition) is 7. The fourth-order valence-corrected chi connectivity index (χ4v) is 4.16. The fourth-order valence-electron chi connectivity index (χ4n) is 2.55. The third-order valence-electron chi connectivity index (χ3n) is 3.80. The Bertz CT molecular complexity index is 964. The number of aromatic nitrogens is 1. The Morgan fingerprint density at radius 1 is 1.16 bits per heavy atom. The molecule has 0 atom stereocenters. The average molecular weight is 365 g/mol. The molecule has 1 aliphatic heterocycles. The van der Waals surface area contributed by atoms with Crippen LogP contribution in [0.25, 0.3) is 21.7 Å². The first-order valence-corrected chi connectivity index (χ1v) is 9.68. The van der Waals surface area contributed by atoms with E-state index in [4.69, 9.17) is 5.26 Å². The lowest BCUT2D eigenvalue weighted by Crippen LogP contribution is -2.35. The van der Waals surface area contributed by atoms with Gasteiger partial charge in [0.25, 0.3) is 0 Å². The van der Waals surface area contributed by atoms with Crippen molar-refractivity contribution in [3.63, 3.8) is 0 Å². The van der Waals surface area contributed by atoms with Gasteiger partial charge in [0.2, 0.25) is 0 Å². The standard InChI is InChI=1S/C18H15N5S2/c19-9-12-3-1-4-13(7-12)16-8-14(10-24-16)15-11-25-18(22-15)23-17-20-5-2-6-21-17/h1,3-4,7-8,10-11H,2,5-6H2,(H2,20,21,22,23). The van der Waals surface area contributed by atoms with Gasteiger partial charge in [-0.3, -0.25) is 4.99 Å². The number of nitrogens with zero attached hydrogens (tertiary/aromatic N) is 3. The van der Waals surface area contributed by atoms with Crippen LogP contribution >= 0.6 is 22.7 Å². The van der Waals surface area contributed by atoms with E-state index in [2.05, 4.69) is 38.1 Å². The highest BCUT2D eigenvalue weighted by atomic mass is 32.1. The monoisotopic (exact) mass is 365 g/mol. The van der Waals surface area contributed by atoms with Gasteiger partial charge in [0, 0.05) is 34.3 Å². The van der Waals surface area contributed by atoms with Gasteiger partial charge in [0.15, 0.2) is 11.1 Å². The molecule has 0 amide bonds. The summed E-state index contributed by atoms with van der Waals surface area (Å²) in [5.74, 6) is 0.798. The van der Waals surface area contributed by atoms with E-state index < -0.39 is 0 Å². The van der Waals surface area contributed by atoms with E-state index in [1.807, 2.05) is 29.6 Å². The summed E-state index contributed by atoms with van der Waals surface area (Å²) in [6, 6.07) is 12.0. The molecule has 0 aliphatic carbocycles. The van der Waals surface area contributed by atoms with Crippen molar-refractivity contribution < 1.29 is 0 Å². The molecule has 2 N–H and O–H groups in total. The Kier molecular flexibility index (Phi) is 4.46. The highest BCUT2D eigenvalue weighted by Crippen LogP contribution is 2.34. The first kappa shape index (κ1) is 15.8. The van der Waals surface area contributed by atoms with Crippen LogP contribution in [0.1, 0.15) is 12.0 Å². The predicted molar refractivity (Wildman–Crippen MR) is 104 cm³/mol. The number of thiophene rings is 1. The molecule has 0 unspecified atom stereocenters. The molecule has 7 heteroatoms. The van der Waals surface area contributed by atoms with Crippen molar-refractivity contribution in [2.75, 3.05) is 18.4 Å². The molecule has 0 spiro atoms. The molecule has 124 valence electrons. The molecule has 3 heterocycles. The molecule has 1 aromatic carbocycles. The Balaban J connectivity index is 1.54. The second kappa shape index (κ2) is 7.05. The number of nitriles is 1. The Hall–Kier alpha value is -2.69. The number of benzene rings is 1. The third kappa shape index (κ3) is 3.55. The Morgan fingerprint density at radius 3 is 2.96 bits per heavy atom. The Morgan fingerprint density at radius 2 is 2.12 bits per heavy atom. The molecule has 4 rings (SSSR count). The van der Waals surface area contributed by atoms with Gasteiger partial charge in [0.05, 0.1) is 17.3 Å². The molecule has 25 heavy (non-hydrogen) atoms. The van der Waals surface area contributed by atoms with Gasteiger partial charge >= 0.3 is 0 Å². The van der Waals surface area contributed by atoms with E-state index in [1.54, 1.807) is 22.7 Å². The highest BCUT2D eigenvalue weighted by molar-refractivity contribution is 7.15. The van der Waals surface area contributed by atoms with Gasteiger partial charge in [-0.2, -0.15) is 5.26 Å². The van der Waals surface area contributed by atoms with Crippen molar-refractivity contribution in [2.24, 2.45) is 4.99 Å². The lowest BCUT2D eigenvalue weighted by atomic mass is 10.1. The van der Waals surface area contributed by atoms with Crippen LogP contribution in [-0.4, -0.2) is 24.0 Å². The molecule has 5 nitrogen and oxygen atoms in total. The van der Waals surface area contributed by atoms with Crippen LogP contribution < -0.4 is 10.6 Å². The number of anilines is 1. The highest BCUT2D eigenvalue weighted by Gasteiger charge is 2.11. The number of guanidine groups is 1.